The molecular weight excluding hydrogens is 376 g/mol. The van der Waals surface area contributed by atoms with Crippen LogP contribution in [0.15, 0.2) is 11.6 Å². The Kier molecular flexibility index (Phi) is 6.83. The van der Waals surface area contributed by atoms with E-state index in [2.05, 4.69) is 40.7 Å². The smallest absolute Gasteiger partial charge is 0.136 e. The summed E-state index contributed by atoms with van der Waals surface area (Å²) in [7, 11) is 0. The molecule has 3 fully saturated rings. The number of ketones is 1. The highest BCUT2D eigenvalue weighted by Crippen LogP contribution is 2.67. The average Bonchev–Trinajstić information content (AvgIpc) is 3.09. The van der Waals surface area contributed by atoms with Crippen molar-refractivity contribution in [2.75, 3.05) is 0 Å². The molecule has 4 rings (SSSR count). The Morgan fingerprint density at radius 3 is 2.52 bits per heavy atom. The highest BCUT2D eigenvalue weighted by atomic mass is 16.1. The summed E-state index contributed by atoms with van der Waals surface area (Å²) in [5, 5.41) is 0. The van der Waals surface area contributed by atoms with Crippen molar-refractivity contribution < 1.29 is 4.79 Å². The Labute approximate surface area is 193 Å². The van der Waals surface area contributed by atoms with E-state index in [0.717, 1.165) is 54.8 Å². The summed E-state index contributed by atoms with van der Waals surface area (Å²) < 4.78 is 0. The Morgan fingerprint density at radius 1 is 1.03 bits per heavy atom. The lowest BCUT2D eigenvalue weighted by atomic mass is 9.46. The Hall–Kier alpha value is -0.590. The van der Waals surface area contributed by atoms with E-state index < -0.39 is 0 Å². The molecule has 0 saturated heterocycles. The van der Waals surface area contributed by atoms with E-state index in [9.17, 15) is 4.79 Å². The van der Waals surface area contributed by atoms with Crippen LogP contribution in [-0.4, -0.2) is 5.78 Å². The van der Waals surface area contributed by atoms with Gasteiger partial charge in [-0.1, -0.05) is 72.5 Å². The molecule has 3 saturated carbocycles. The molecule has 0 aliphatic heterocycles. The number of carbonyl (C=O) groups excluding carboxylic acids is 1. The minimum Gasteiger partial charge on any atom is -0.299 e. The van der Waals surface area contributed by atoms with Crippen LogP contribution in [0, 0.1) is 52.3 Å². The molecular formula is C30H50O. The van der Waals surface area contributed by atoms with Crippen LogP contribution in [0.3, 0.4) is 0 Å². The van der Waals surface area contributed by atoms with Gasteiger partial charge in [-0.2, -0.15) is 0 Å². The molecule has 8 unspecified atom stereocenters. The molecule has 0 aromatic rings. The molecule has 0 amide bonds. The summed E-state index contributed by atoms with van der Waals surface area (Å²) in [6, 6.07) is 0. The fourth-order valence-electron chi connectivity index (χ4n) is 9.25. The maximum Gasteiger partial charge on any atom is 0.136 e. The third-order valence-electron chi connectivity index (χ3n) is 11.1. The first-order valence-electron chi connectivity index (χ1n) is 13.9. The normalized spacial score (nSPS) is 43.1. The lowest BCUT2D eigenvalue weighted by Crippen LogP contribution is -2.50. The van der Waals surface area contributed by atoms with Crippen LogP contribution in [0.25, 0.3) is 0 Å². The van der Waals surface area contributed by atoms with Crippen molar-refractivity contribution in [3.8, 4) is 0 Å². The number of hydrogen-bond donors (Lipinski definition) is 0. The second-order valence-corrected chi connectivity index (χ2v) is 13.0. The zero-order chi connectivity index (χ0) is 22.4. The van der Waals surface area contributed by atoms with Crippen molar-refractivity contribution in [1.82, 2.24) is 0 Å². The minimum absolute atomic E-state index is 0.317. The van der Waals surface area contributed by atoms with Crippen LogP contribution in [-0.2, 0) is 4.79 Å². The van der Waals surface area contributed by atoms with Crippen molar-refractivity contribution in [2.45, 2.75) is 119 Å². The monoisotopic (exact) mass is 426 g/mol. The lowest BCUT2D eigenvalue weighted by Gasteiger charge is -2.58. The number of allylic oxidation sites excluding steroid dienone is 2. The molecule has 0 aromatic carbocycles. The first-order chi connectivity index (χ1) is 14.7. The molecule has 8 atom stereocenters. The van der Waals surface area contributed by atoms with Gasteiger partial charge in [-0.25, -0.2) is 0 Å². The van der Waals surface area contributed by atoms with Gasteiger partial charge in [-0.15, -0.1) is 0 Å². The Morgan fingerprint density at radius 2 is 1.81 bits per heavy atom. The summed E-state index contributed by atoms with van der Waals surface area (Å²) in [6.07, 6.45) is 18.2. The van der Waals surface area contributed by atoms with Crippen molar-refractivity contribution in [2.24, 2.45) is 52.3 Å². The average molecular weight is 427 g/mol. The molecule has 0 heterocycles. The summed E-state index contributed by atoms with van der Waals surface area (Å²) >= 11 is 0. The highest BCUT2D eigenvalue weighted by Gasteiger charge is 2.59. The van der Waals surface area contributed by atoms with Gasteiger partial charge in [0.15, 0.2) is 0 Å². The van der Waals surface area contributed by atoms with Gasteiger partial charge in [0, 0.05) is 12.3 Å². The van der Waals surface area contributed by atoms with Gasteiger partial charge in [0.2, 0.25) is 0 Å². The van der Waals surface area contributed by atoms with E-state index >= 15 is 0 Å². The SMILES string of the molecule is CCC(=O)C1CCC2(C)C(=CCC3C2CCC2(C)C(C(C)CCCC(C)C)CCC32)C1. The van der Waals surface area contributed by atoms with Crippen LogP contribution >= 0.6 is 0 Å². The Bertz CT molecular complexity index is 689. The maximum atomic E-state index is 12.4. The van der Waals surface area contributed by atoms with Crippen molar-refractivity contribution in [3.05, 3.63) is 11.6 Å². The molecule has 0 spiro atoms. The Balaban J connectivity index is 1.48. The summed E-state index contributed by atoms with van der Waals surface area (Å²) in [4.78, 5) is 12.4. The lowest BCUT2D eigenvalue weighted by molar-refractivity contribution is -0.124. The fraction of sp³-hybridized carbons (Fsp3) is 0.900. The fourth-order valence-corrected chi connectivity index (χ4v) is 9.25. The van der Waals surface area contributed by atoms with Crippen LogP contribution in [0.5, 0.6) is 0 Å². The molecule has 0 radical (unpaired) electrons. The van der Waals surface area contributed by atoms with E-state index in [0.29, 0.717) is 22.5 Å². The van der Waals surface area contributed by atoms with E-state index in [4.69, 9.17) is 0 Å². The van der Waals surface area contributed by atoms with Crippen LogP contribution in [0.2, 0.25) is 0 Å². The predicted octanol–water partition coefficient (Wildman–Crippen LogP) is 8.62. The predicted molar refractivity (Wildman–Crippen MR) is 132 cm³/mol. The number of Topliss-reactive ketones (excluding diaryl/α,β-unsaturated/α-hetero) is 1. The quantitative estimate of drug-likeness (QED) is 0.372. The summed E-state index contributed by atoms with van der Waals surface area (Å²) in [6.45, 7) is 14.7. The molecule has 4 aliphatic rings. The van der Waals surface area contributed by atoms with Gasteiger partial charge in [-0.3, -0.25) is 4.79 Å². The van der Waals surface area contributed by atoms with Gasteiger partial charge in [0.1, 0.15) is 5.78 Å². The number of fused-ring (bicyclic) bond motifs is 5. The largest absolute Gasteiger partial charge is 0.299 e. The second kappa shape index (κ2) is 8.98. The van der Waals surface area contributed by atoms with Crippen LogP contribution in [0.1, 0.15) is 119 Å². The molecule has 176 valence electrons. The first-order valence-corrected chi connectivity index (χ1v) is 13.9. The number of rotatable bonds is 7. The van der Waals surface area contributed by atoms with Crippen molar-refractivity contribution in [1.29, 1.82) is 0 Å². The molecule has 1 nitrogen and oxygen atoms in total. The van der Waals surface area contributed by atoms with Crippen molar-refractivity contribution >= 4 is 5.78 Å². The molecule has 0 N–H and O–H groups in total. The third kappa shape index (κ3) is 4.10. The maximum absolute atomic E-state index is 12.4. The van der Waals surface area contributed by atoms with E-state index in [-0.39, 0.29) is 0 Å². The number of hydrogen-bond acceptors (Lipinski definition) is 1. The molecule has 31 heavy (non-hydrogen) atoms. The second-order valence-electron chi connectivity index (χ2n) is 13.0. The third-order valence-corrected chi connectivity index (χ3v) is 11.1. The van der Waals surface area contributed by atoms with Gasteiger partial charge in [0.25, 0.3) is 0 Å². The van der Waals surface area contributed by atoms with Gasteiger partial charge >= 0.3 is 0 Å². The zero-order valence-electron chi connectivity index (χ0n) is 21.5. The zero-order valence-corrected chi connectivity index (χ0v) is 21.5. The van der Waals surface area contributed by atoms with Gasteiger partial charge in [0.05, 0.1) is 0 Å². The summed E-state index contributed by atoms with van der Waals surface area (Å²) in [5.41, 5.74) is 2.64. The van der Waals surface area contributed by atoms with Crippen molar-refractivity contribution in [3.63, 3.8) is 0 Å². The van der Waals surface area contributed by atoms with E-state index in [1.165, 1.54) is 57.8 Å². The topological polar surface area (TPSA) is 17.1 Å². The minimum atomic E-state index is 0.317. The molecule has 4 aliphatic carbocycles. The standard InChI is InChI=1S/C30H50O/c1-7-28(31)22-15-17-29(5)23(19-22)11-12-24-26-14-13-25(21(4)10-8-9-20(2)3)30(26,6)18-16-27(24)29/h11,20-22,24-27H,7-10,12-19H2,1-6H3. The van der Waals surface area contributed by atoms with Gasteiger partial charge in [-0.05, 0) is 97.7 Å². The van der Waals surface area contributed by atoms with E-state index in [1.54, 1.807) is 5.57 Å². The van der Waals surface area contributed by atoms with Crippen LogP contribution < -0.4 is 0 Å². The highest BCUT2D eigenvalue weighted by molar-refractivity contribution is 5.81. The molecule has 0 aromatic heterocycles. The molecule has 0 bridgehead atoms. The number of carbonyl (C=O) groups is 1. The molecule has 1 heteroatoms. The summed E-state index contributed by atoms with van der Waals surface area (Å²) in [5.74, 6) is 6.23. The van der Waals surface area contributed by atoms with E-state index in [1.807, 2.05) is 6.92 Å². The first kappa shape index (κ1) is 23.6. The van der Waals surface area contributed by atoms with Gasteiger partial charge < -0.3 is 0 Å². The van der Waals surface area contributed by atoms with Crippen LogP contribution in [0.4, 0.5) is 0 Å².